The molecule has 1 aliphatic rings. The lowest BCUT2D eigenvalue weighted by atomic mass is 9.93. The smallest absolute Gasteiger partial charge is 0.334 e. The standard InChI is InChI=1S/C12H18O4/c1-3-4-5-6-7-9-10(11(13)14)8(2)12(15)16-9/h9-10H,2-7H2,1H3,(H,13,14). The molecule has 4 nitrogen and oxygen atoms in total. The second-order valence-electron chi connectivity index (χ2n) is 4.13. The lowest BCUT2D eigenvalue weighted by Gasteiger charge is -2.13. The van der Waals surface area contributed by atoms with Gasteiger partial charge in [0.05, 0.1) is 0 Å². The van der Waals surface area contributed by atoms with Crippen LogP contribution in [-0.4, -0.2) is 23.1 Å². The lowest BCUT2D eigenvalue weighted by Crippen LogP contribution is -2.24. The second kappa shape index (κ2) is 5.68. The Morgan fingerprint density at radius 1 is 1.44 bits per heavy atom. The highest BCUT2D eigenvalue weighted by Gasteiger charge is 2.42. The molecule has 1 heterocycles. The Bertz CT molecular complexity index is 295. The Kier molecular flexibility index (Phi) is 4.52. The third-order valence-corrected chi connectivity index (χ3v) is 2.88. The van der Waals surface area contributed by atoms with E-state index in [1.165, 1.54) is 0 Å². The van der Waals surface area contributed by atoms with Crippen molar-refractivity contribution in [3.8, 4) is 0 Å². The molecular formula is C12H18O4. The largest absolute Gasteiger partial charge is 0.481 e. The Morgan fingerprint density at radius 3 is 2.69 bits per heavy atom. The van der Waals surface area contributed by atoms with E-state index in [1.54, 1.807) is 0 Å². The molecule has 1 rings (SSSR count). The van der Waals surface area contributed by atoms with Crippen molar-refractivity contribution in [1.82, 2.24) is 0 Å². The zero-order valence-electron chi connectivity index (χ0n) is 9.57. The van der Waals surface area contributed by atoms with Crippen LogP contribution in [0.4, 0.5) is 0 Å². The quantitative estimate of drug-likeness (QED) is 0.428. The van der Waals surface area contributed by atoms with Gasteiger partial charge in [0, 0.05) is 5.57 Å². The molecule has 1 aliphatic heterocycles. The number of carbonyl (C=O) groups excluding carboxylic acids is 1. The van der Waals surface area contributed by atoms with Crippen LogP contribution in [0.1, 0.15) is 39.0 Å². The zero-order chi connectivity index (χ0) is 12.1. The van der Waals surface area contributed by atoms with Gasteiger partial charge in [-0.3, -0.25) is 4.79 Å². The molecule has 1 N–H and O–H groups in total. The van der Waals surface area contributed by atoms with Crippen molar-refractivity contribution in [2.45, 2.75) is 45.1 Å². The number of ether oxygens (including phenoxy) is 1. The minimum Gasteiger partial charge on any atom is -0.481 e. The number of carboxylic acids is 1. The van der Waals surface area contributed by atoms with Crippen LogP contribution in [0.25, 0.3) is 0 Å². The molecule has 0 saturated carbocycles. The number of rotatable bonds is 6. The van der Waals surface area contributed by atoms with Gasteiger partial charge >= 0.3 is 11.9 Å². The number of cyclic esters (lactones) is 1. The van der Waals surface area contributed by atoms with E-state index < -0.39 is 24.0 Å². The average Bonchev–Trinajstić information content (AvgIpc) is 2.50. The van der Waals surface area contributed by atoms with Gasteiger partial charge in [-0.2, -0.15) is 0 Å². The molecule has 0 spiro atoms. The van der Waals surface area contributed by atoms with Crippen molar-refractivity contribution in [2.75, 3.05) is 0 Å². The summed E-state index contributed by atoms with van der Waals surface area (Å²) in [6.45, 7) is 5.59. The van der Waals surface area contributed by atoms with E-state index >= 15 is 0 Å². The summed E-state index contributed by atoms with van der Waals surface area (Å²) in [4.78, 5) is 22.2. The number of aliphatic carboxylic acids is 1. The Morgan fingerprint density at radius 2 is 2.12 bits per heavy atom. The maximum absolute atomic E-state index is 11.2. The molecule has 16 heavy (non-hydrogen) atoms. The van der Waals surface area contributed by atoms with Gasteiger partial charge in [0.1, 0.15) is 12.0 Å². The van der Waals surface area contributed by atoms with Crippen molar-refractivity contribution in [2.24, 2.45) is 5.92 Å². The van der Waals surface area contributed by atoms with Crippen molar-refractivity contribution < 1.29 is 19.4 Å². The molecule has 0 aromatic carbocycles. The van der Waals surface area contributed by atoms with Gasteiger partial charge in [0.15, 0.2) is 0 Å². The molecule has 4 heteroatoms. The minimum atomic E-state index is -1.02. The van der Waals surface area contributed by atoms with E-state index in [0.717, 1.165) is 25.7 Å². The predicted octanol–water partition coefficient (Wildman–Crippen LogP) is 2.14. The normalized spacial score (nSPS) is 24.6. The monoisotopic (exact) mass is 226 g/mol. The number of carboxylic acid groups (broad SMARTS) is 1. The number of esters is 1. The molecule has 2 unspecified atom stereocenters. The van der Waals surface area contributed by atoms with E-state index in [9.17, 15) is 9.59 Å². The summed E-state index contributed by atoms with van der Waals surface area (Å²) in [7, 11) is 0. The molecule has 0 bridgehead atoms. The Balaban J connectivity index is 2.48. The molecule has 1 fully saturated rings. The fourth-order valence-corrected chi connectivity index (χ4v) is 1.94. The fraction of sp³-hybridized carbons (Fsp3) is 0.667. The van der Waals surface area contributed by atoms with E-state index in [-0.39, 0.29) is 5.57 Å². The number of hydrogen-bond donors (Lipinski definition) is 1. The van der Waals surface area contributed by atoms with Crippen molar-refractivity contribution >= 4 is 11.9 Å². The summed E-state index contributed by atoms with van der Waals surface area (Å²) in [6, 6.07) is 0. The first-order chi connectivity index (χ1) is 7.57. The van der Waals surface area contributed by atoms with Gasteiger partial charge in [0.25, 0.3) is 0 Å². The highest BCUT2D eigenvalue weighted by atomic mass is 16.6. The van der Waals surface area contributed by atoms with Crippen LogP contribution in [-0.2, 0) is 14.3 Å². The highest BCUT2D eigenvalue weighted by molar-refractivity contribution is 5.97. The molecule has 0 radical (unpaired) electrons. The molecular weight excluding hydrogens is 208 g/mol. The fourth-order valence-electron chi connectivity index (χ4n) is 1.94. The minimum absolute atomic E-state index is 0.0768. The third kappa shape index (κ3) is 2.84. The van der Waals surface area contributed by atoms with Gasteiger partial charge in [-0.05, 0) is 12.8 Å². The summed E-state index contributed by atoms with van der Waals surface area (Å²) in [5.74, 6) is -2.43. The second-order valence-corrected chi connectivity index (χ2v) is 4.13. The topological polar surface area (TPSA) is 63.6 Å². The van der Waals surface area contributed by atoms with Crippen LogP contribution in [0.15, 0.2) is 12.2 Å². The number of unbranched alkanes of at least 4 members (excludes halogenated alkanes) is 3. The lowest BCUT2D eigenvalue weighted by molar-refractivity contribution is -0.144. The summed E-state index contributed by atoms with van der Waals surface area (Å²) in [6.07, 6.45) is 4.28. The first-order valence-corrected chi connectivity index (χ1v) is 5.70. The van der Waals surface area contributed by atoms with Crippen LogP contribution in [0.2, 0.25) is 0 Å². The molecule has 2 atom stereocenters. The first kappa shape index (κ1) is 12.7. The Hall–Kier alpha value is -1.32. The zero-order valence-corrected chi connectivity index (χ0v) is 9.57. The Labute approximate surface area is 95.3 Å². The SMILES string of the molecule is C=C1C(=O)OC(CCCCCC)C1C(=O)O. The van der Waals surface area contributed by atoms with E-state index in [4.69, 9.17) is 9.84 Å². The van der Waals surface area contributed by atoms with Crippen LogP contribution < -0.4 is 0 Å². The van der Waals surface area contributed by atoms with Crippen molar-refractivity contribution in [3.05, 3.63) is 12.2 Å². The van der Waals surface area contributed by atoms with Crippen molar-refractivity contribution in [3.63, 3.8) is 0 Å². The third-order valence-electron chi connectivity index (χ3n) is 2.88. The average molecular weight is 226 g/mol. The maximum Gasteiger partial charge on any atom is 0.334 e. The summed E-state index contributed by atoms with van der Waals surface area (Å²) in [5.41, 5.74) is 0.0768. The molecule has 0 amide bonds. The molecule has 1 saturated heterocycles. The van der Waals surface area contributed by atoms with E-state index in [2.05, 4.69) is 13.5 Å². The maximum atomic E-state index is 11.2. The molecule has 0 aromatic rings. The number of hydrogen-bond acceptors (Lipinski definition) is 3. The summed E-state index contributed by atoms with van der Waals surface area (Å²) < 4.78 is 5.01. The first-order valence-electron chi connectivity index (χ1n) is 5.70. The van der Waals surface area contributed by atoms with Gasteiger partial charge in [-0.15, -0.1) is 0 Å². The summed E-state index contributed by atoms with van der Waals surface area (Å²) in [5, 5.41) is 8.98. The van der Waals surface area contributed by atoms with Gasteiger partial charge < -0.3 is 9.84 Å². The van der Waals surface area contributed by atoms with Crippen LogP contribution in [0.5, 0.6) is 0 Å². The van der Waals surface area contributed by atoms with Crippen LogP contribution in [0.3, 0.4) is 0 Å². The highest BCUT2D eigenvalue weighted by Crippen LogP contribution is 2.30. The summed E-state index contributed by atoms with van der Waals surface area (Å²) >= 11 is 0. The van der Waals surface area contributed by atoms with Crippen LogP contribution >= 0.6 is 0 Å². The van der Waals surface area contributed by atoms with Gasteiger partial charge in [-0.1, -0.05) is 32.8 Å². The van der Waals surface area contributed by atoms with Crippen LogP contribution in [0, 0.1) is 5.92 Å². The van der Waals surface area contributed by atoms with E-state index in [0.29, 0.717) is 6.42 Å². The van der Waals surface area contributed by atoms with Crippen molar-refractivity contribution in [1.29, 1.82) is 0 Å². The van der Waals surface area contributed by atoms with E-state index in [1.807, 2.05) is 0 Å². The molecule has 90 valence electrons. The van der Waals surface area contributed by atoms with Gasteiger partial charge in [0.2, 0.25) is 0 Å². The molecule has 0 aliphatic carbocycles. The number of carbonyl (C=O) groups is 2. The molecule has 0 aromatic heterocycles. The van der Waals surface area contributed by atoms with Gasteiger partial charge in [-0.25, -0.2) is 4.79 Å². The predicted molar refractivity (Wildman–Crippen MR) is 58.9 cm³/mol.